The maximum absolute atomic E-state index is 11.8. The van der Waals surface area contributed by atoms with E-state index in [1.165, 1.54) is 6.08 Å². The molecular weight excluding hydrogens is 242 g/mol. The van der Waals surface area contributed by atoms with Crippen molar-refractivity contribution < 1.29 is 29.6 Å². The van der Waals surface area contributed by atoms with Gasteiger partial charge < -0.3 is 25.8 Å². The zero-order valence-electron chi connectivity index (χ0n) is 9.52. The minimum atomic E-state index is -1.32. The first-order chi connectivity index (χ1) is 8.47. The van der Waals surface area contributed by atoms with Gasteiger partial charge in [0.15, 0.2) is 11.6 Å². The molecule has 100 valence electrons. The first-order valence-electron chi connectivity index (χ1n) is 5.62. The highest BCUT2D eigenvalue weighted by molar-refractivity contribution is 6.17. The molecule has 2 unspecified atom stereocenters. The van der Waals surface area contributed by atoms with E-state index in [-0.39, 0.29) is 12.0 Å². The Morgan fingerprint density at radius 3 is 2.56 bits per heavy atom. The summed E-state index contributed by atoms with van der Waals surface area (Å²) in [5, 5.41) is 28.3. The molecule has 7 nitrogen and oxygen atoms in total. The van der Waals surface area contributed by atoms with E-state index in [0.717, 1.165) is 0 Å². The number of hydrogen-bond donors (Lipinski definition) is 4. The van der Waals surface area contributed by atoms with Crippen LogP contribution in [0.25, 0.3) is 0 Å². The number of ketones is 2. The van der Waals surface area contributed by atoms with Gasteiger partial charge >= 0.3 is 0 Å². The zero-order valence-corrected chi connectivity index (χ0v) is 9.52. The van der Waals surface area contributed by atoms with Crippen molar-refractivity contribution in [1.82, 2.24) is 0 Å². The Hall–Kier alpha value is -1.12. The van der Waals surface area contributed by atoms with Crippen LogP contribution in [0.2, 0.25) is 0 Å². The molecule has 18 heavy (non-hydrogen) atoms. The van der Waals surface area contributed by atoms with E-state index in [1.54, 1.807) is 0 Å². The highest BCUT2D eigenvalue weighted by atomic mass is 16.6. The van der Waals surface area contributed by atoms with Gasteiger partial charge in [-0.25, -0.2) is 0 Å². The molecule has 1 fully saturated rings. The molecule has 0 amide bonds. The van der Waals surface area contributed by atoms with Crippen LogP contribution in [0.15, 0.2) is 11.6 Å². The molecule has 1 aliphatic carbocycles. The number of aliphatic hydroxyl groups is 3. The van der Waals surface area contributed by atoms with Crippen LogP contribution in [0.5, 0.6) is 0 Å². The van der Waals surface area contributed by atoms with E-state index in [1.807, 2.05) is 0 Å². The van der Waals surface area contributed by atoms with Crippen molar-refractivity contribution in [2.75, 3.05) is 6.61 Å². The lowest BCUT2D eigenvalue weighted by molar-refractivity contribution is -0.128. The van der Waals surface area contributed by atoms with Crippen LogP contribution in [0.4, 0.5) is 0 Å². The maximum Gasteiger partial charge on any atom is 0.185 e. The molecule has 2 aliphatic rings. The van der Waals surface area contributed by atoms with E-state index in [4.69, 9.17) is 15.6 Å². The second-order valence-electron chi connectivity index (χ2n) is 4.43. The third-order valence-corrected chi connectivity index (χ3v) is 3.29. The Labute approximate surface area is 103 Å². The highest BCUT2D eigenvalue weighted by Crippen LogP contribution is 2.29. The van der Waals surface area contributed by atoms with Crippen LogP contribution in [0, 0.1) is 0 Å². The molecule has 5 atom stereocenters. The lowest BCUT2D eigenvalue weighted by atomic mass is 9.87. The van der Waals surface area contributed by atoms with E-state index in [9.17, 15) is 19.8 Å². The van der Waals surface area contributed by atoms with Crippen LogP contribution in [-0.2, 0) is 14.3 Å². The molecule has 1 heterocycles. The second-order valence-corrected chi connectivity index (χ2v) is 4.43. The van der Waals surface area contributed by atoms with Gasteiger partial charge in [0.1, 0.15) is 30.5 Å². The average Bonchev–Trinajstić information content (AvgIpc) is 2.64. The summed E-state index contributed by atoms with van der Waals surface area (Å²) in [4.78, 5) is 23.1. The van der Waals surface area contributed by atoms with E-state index in [2.05, 4.69) is 0 Å². The normalized spacial score (nSPS) is 41.1. The fraction of sp³-hybridized carbons (Fsp3) is 0.636. The summed E-state index contributed by atoms with van der Waals surface area (Å²) >= 11 is 0. The summed E-state index contributed by atoms with van der Waals surface area (Å²) < 4.78 is 5.22. The third kappa shape index (κ3) is 2.00. The van der Waals surface area contributed by atoms with Gasteiger partial charge in [0.2, 0.25) is 0 Å². The molecule has 2 rings (SSSR count). The number of allylic oxidation sites excluding steroid dienone is 1. The number of nitrogens with two attached hydrogens (primary N) is 1. The predicted octanol–water partition coefficient (Wildman–Crippen LogP) is -2.74. The zero-order chi connectivity index (χ0) is 13.4. The van der Waals surface area contributed by atoms with Gasteiger partial charge in [0.05, 0.1) is 6.61 Å². The smallest absolute Gasteiger partial charge is 0.185 e. The minimum absolute atomic E-state index is 0.00525. The molecule has 0 radical (unpaired) electrons. The SMILES string of the molecule is NC1C(=O)CC=C([C@@H]2O[C@H](CO)[C@H](O)C2O)C1=O. The quantitative estimate of drug-likeness (QED) is 0.395. The van der Waals surface area contributed by atoms with Crippen molar-refractivity contribution in [3.8, 4) is 0 Å². The monoisotopic (exact) mass is 257 g/mol. The molecule has 0 aromatic heterocycles. The van der Waals surface area contributed by atoms with Crippen molar-refractivity contribution in [2.45, 2.75) is 36.9 Å². The van der Waals surface area contributed by atoms with Crippen LogP contribution < -0.4 is 5.73 Å². The summed E-state index contributed by atoms with van der Waals surface area (Å²) in [5.74, 6) is -1.00. The molecule has 0 aromatic carbocycles. The Morgan fingerprint density at radius 1 is 1.33 bits per heavy atom. The summed E-state index contributed by atoms with van der Waals surface area (Å²) in [6, 6.07) is -1.24. The van der Waals surface area contributed by atoms with Crippen molar-refractivity contribution >= 4 is 11.6 Å². The van der Waals surface area contributed by atoms with Gasteiger partial charge in [0, 0.05) is 12.0 Å². The molecule has 0 aromatic rings. The Balaban J connectivity index is 2.23. The lowest BCUT2D eigenvalue weighted by Gasteiger charge is -2.23. The summed E-state index contributed by atoms with van der Waals surface area (Å²) in [6.45, 7) is -0.471. The van der Waals surface area contributed by atoms with E-state index >= 15 is 0 Å². The number of ether oxygens (including phenoxy) is 1. The van der Waals surface area contributed by atoms with Crippen molar-refractivity contribution in [3.05, 3.63) is 11.6 Å². The number of carbonyl (C=O) groups is 2. The van der Waals surface area contributed by atoms with E-state index in [0.29, 0.717) is 0 Å². The Kier molecular flexibility index (Phi) is 3.60. The maximum atomic E-state index is 11.8. The molecular formula is C11H15NO6. The highest BCUT2D eigenvalue weighted by Gasteiger charge is 2.47. The molecule has 0 bridgehead atoms. The third-order valence-electron chi connectivity index (χ3n) is 3.29. The Bertz CT molecular complexity index is 406. The molecule has 1 aliphatic heterocycles. The number of aliphatic hydroxyl groups excluding tert-OH is 3. The fourth-order valence-electron chi connectivity index (χ4n) is 2.18. The van der Waals surface area contributed by atoms with Crippen molar-refractivity contribution in [1.29, 1.82) is 0 Å². The minimum Gasteiger partial charge on any atom is -0.394 e. The molecule has 0 saturated carbocycles. The largest absolute Gasteiger partial charge is 0.394 e. The van der Waals surface area contributed by atoms with Gasteiger partial charge in [-0.15, -0.1) is 0 Å². The molecule has 0 spiro atoms. The summed E-state index contributed by atoms with van der Waals surface area (Å²) in [7, 11) is 0. The van der Waals surface area contributed by atoms with Gasteiger partial charge in [-0.1, -0.05) is 6.08 Å². The molecule has 1 saturated heterocycles. The lowest BCUT2D eigenvalue weighted by Crippen LogP contribution is -2.46. The van der Waals surface area contributed by atoms with Gasteiger partial charge in [-0.2, -0.15) is 0 Å². The number of carbonyl (C=O) groups excluding carboxylic acids is 2. The van der Waals surface area contributed by atoms with Crippen LogP contribution in [0.3, 0.4) is 0 Å². The van der Waals surface area contributed by atoms with Gasteiger partial charge in [-0.3, -0.25) is 9.59 Å². The average molecular weight is 257 g/mol. The topological polar surface area (TPSA) is 130 Å². The summed E-state index contributed by atoms with van der Waals surface area (Å²) in [5.41, 5.74) is 5.53. The first-order valence-corrected chi connectivity index (χ1v) is 5.62. The van der Waals surface area contributed by atoms with Crippen LogP contribution in [0.1, 0.15) is 6.42 Å². The Morgan fingerprint density at radius 2 is 2.00 bits per heavy atom. The van der Waals surface area contributed by atoms with Gasteiger partial charge in [-0.05, 0) is 0 Å². The summed E-state index contributed by atoms with van der Waals surface area (Å²) in [6.07, 6.45) is -3.25. The van der Waals surface area contributed by atoms with E-state index < -0.39 is 48.6 Å². The van der Waals surface area contributed by atoms with Crippen LogP contribution in [-0.4, -0.2) is 64.0 Å². The molecule has 7 heteroatoms. The number of rotatable bonds is 2. The van der Waals surface area contributed by atoms with Crippen LogP contribution >= 0.6 is 0 Å². The number of hydrogen-bond acceptors (Lipinski definition) is 7. The van der Waals surface area contributed by atoms with Crippen molar-refractivity contribution in [2.24, 2.45) is 5.73 Å². The first kappa shape index (κ1) is 13.3. The van der Waals surface area contributed by atoms with Crippen molar-refractivity contribution in [3.63, 3.8) is 0 Å². The fourth-order valence-corrected chi connectivity index (χ4v) is 2.18. The van der Waals surface area contributed by atoms with Gasteiger partial charge in [0.25, 0.3) is 0 Å². The molecule has 5 N–H and O–H groups in total. The second kappa shape index (κ2) is 4.87. The standard InChI is InChI=1S/C11H15NO6/c12-7-5(14)2-1-4(8(7)15)11-10(17)9(16)6(3-13)18-11/h1,6-7,9-11,13,16-17H,2-3,12H2/t6-,7?,9+,10?,11+/m1/s1. The predicted molar refractivity (Wildman–Crippen MR) is 58.4 cm³/mol. The number of Topliss-reactive ketones (excluding diaryl/α,β-unsaturated/α-hetero) is 2.